The molecule has 2 unspecified atom stereocenters. The minimum atomic E-state index is -2.33. The summed E-state index contributed by atoms with van der Waals surface area (Å²) in [6, 6.07) is -1.38. The lowest BCUT2D eigenvalue weighted by atomic mass is 9.76. The van der Waals surface area contributed by atoms with Crippen LogP contribution in [0.4, 0.5) is 4.39 Å². The number of carboxylic acids is 1. The first-order valence-electron chi connectivity index (χ1n) is 6.83. The quantitative estimate of drug-likeness (QED) is 0.384. The summed E-state index contributed by atoms with van der Waals surface area (Å²) in [4.78, 5) is 22.6. The zero-order valence-electron chi connectivity index (χ0n) is 12.3. The van der Waals surface area contributed by atoms with Gasteiger partial charge in [-0.2, -0.15) is 0 Å². The van der Waals surface area contributed by atoms with Crippen molar-refractivity contribution < 1.29 is 39.1 Å². The van der Waals surface area contributed by atoms with E-state index in [9.17, 15) is 24.2 Å². The van der Waals surface area contributed by atoms with Crippen molar-refractivity contribution >= 4 is 11.8 Å². The van der Waals surface area contributed by atoms with E-state index in [2.05, 4.69) is 0 Å². The molecule has 0 amide bonds. The third-order valence-electron chi connectivity index (χ3n) is 4.03. The van der Waals surface area contributed by atoms with Gasteiger partial charge in [-0.3, -0.25) is 0 Å². The number of carboxylic acid groups (broad SMARTS) is 1. The number of nitrogens with two attached hydrogens (primary N) is 1. The van der Waals surface area contributed by atoms with Crippen LogP contribution in [0.5, 0.6) is 0 Å². The van der Waals surface area contributed by atoms with Crippen LogP contribution in [0.15, 0.2) is 0 Å². The molecule has 1 aliphatic heterocycles. The van der Waals surface area contributed by atoms with E-state index < -0.39 is 54.6 Å². The number of aliphatic hydroxyl groups is 3. The molecule has 0 aromatic rings. The number of hydrogen-bond donors (Lipinski definition) is 5. The predicted molar refractivity (Wildman–Crippen MR) is 71.7 cm³/mol. The molecule has 8 nitrogen and oxygen atoms in total. The van der Waals surface area contributed by atoms with Gasteiger partial charge in [-0.25, -0.2) is 9.18 Å². The Hall–Kier alpha value is -1.13. The molecular weight excluding hydrogens is 301 g/mol. The van der Waals surface area contributed by atoms with E-state index in [1.807, 2.05) is 0 Å². The molecule has 1 aliphatic rings. The topological polar surface area (TPSA) is 150 Å². The molecule has 1 saturated heterocycles. The fourth-order valence-electron chi connectivity index (χ4n) is 2.64. The van der Waals surface area contributed by atoms with E-state index >= 15 is 0 Å². The van der Waals surface area contributed by atoms with Crippen LogP contribution in [-0.4, -0.2) is 74.9 Å². The van der Waals surface area contributed by atoms with Crippen LogP contribution in [-0.2, 0) is 14.3 Å². The number of aliphatic hydroxyl groups excluding tert-OH is 3. The minimum absolute atomic E-state index is 0.253. The van der Waals surface area contributed by atoms with Gasteiger partial charge in [0.25, 0.3) is 0 Å². The van der Waals surface area contributed by atoms with Gasteiger partial charge < -0.3 is 35.7 Å². The summed E-state index contributed by atoms with van der Waals surface area (Å²) in [6.45, 7) is 1.39. The summed E-state index contributed by atoms with van der Waals surface area (Å²) in [5.74, 6) is -3.01. The number of halogens is 1. The number of ketones is 1. The van der Waals surface area contributed by atoms with Crippen molar-refractivity contribution in [2.24, 2.45) is 11.7 Å². The van der Waals surface area contributed by atoms with Crippen molar-refractivity contribution in [2.45, 2.75) is 56.4 Å². The van der Waals surface area contributed by atoms with Crippen LogP contribution in [0, 0.1) is 5.92 Å². The van der Waals surface area contributed by atoms with Crippen LogP contribution in [0.25, 0.3) is 0 Å². The SMILES string of the molecule is CC(=O)C[C@H]1C([C@H](O)[C@H](O)CO)O[C@@](C)(C(=O)O)C(F)[C@H]1N. The van der Waals surface area contributed by atoms with Crippen molar-refractivity contribution in [1.82, 2.24) is 0 Å². The lowest BCUT2D eigenvalue weighted by molar-refractivity contribution is -0.237. The molecule has 22 heavy (non-hydrogen) atoms. The molecule has 0 aliphatic carbocycles. The first-order valence-corrected chi connectivity index (χ1v) is 6.83. The van der Waals surface area contributed by atoms with E-state index in [0.29, 0.717) is 0 Å². The van der Waals surface area contributed by atoms with Crippen molar-refractivity contribution in [1.29, 1.82) is 0 Å². The molecule has 0 radical (unpaired) electrons. The fraction of sp³-hybridized carbons (Fsp3) is 0.846. The second-order valence-corrected chi connectivity index (χ2v) is 5.78. The van der Waals surface area contributed by atoms with E-state index in [0.717, 1.165) is 6.92 Å². The average molecular weight is 323 g/mol. The molecule has 9 heteroatoms. The second kappa shape index (κ2) is 6.97. The highest BCUT2D eigenvalue weighted by Crippen LogP contribution is 2.38. The summed E-state index contributed by atoms with van der Waals surface area (Å²) >= 11 is 0. The second-order valence-electron chi connectivity index (χ2n) is 5.78. The van der Waals surface area contributed by atoms with Gasteiger partial charge in [-0.1, -0.05) is 0 Å². The van der Waals surface area contributed by atoms with Crippen molar-refractivity contribution in [3.8, 4) is 0 Å². The Morgan fingerprint density at radius 2 is 1.95 bits per heavy atom. The van der Waals surface area contributed by atoms with E-state index in [4.69, 9.17) is 20.7 Å². The monoisotopic (exact) mass is 323 g/mol. The lowest BCUT2D eigenvalue weighted by Gasteiger charge is -2.48. The third kappa shape index (κ3) is 3.44. The zero-order valence-corrected chi connectivity index (χ0v) is 12.3. The summed E-state index contributed by atoms with van der Waals surface area (Å²) < 4.78 is 19.5. The van der Waals surface area contributed by atoms with Gasteiger partial charge in [-0.15, -0.1) is 0 Å². The number of ether oxygens (including phenoxy) is 1. The van der Waals surface area contributed by atoms with Gasteiger partial charge in [-0.05, 0) is 13.8 Å². The van der Waals surface area contributed by atoms with Gasteiger partial charge in [0.1, 0.15) is 18.0 Å². The van der Waals surface area contributed by atoms with Gasteiger partial charge in [0, 0.05) is 18.4 Å². The molecule has 7 atom stereocenters. The highest BCUT2D eigenvalue weighted by molar-refractivity contribution is 5.79. The molecule has 0 aromatic heterocycles. The zero-order chi connectivity index (χ0) is 17.2. The Balaban J connectivity index is 3.19. The first kappa shape index (κ1) is 18.9. The summed E-state index contributed by atoms with van der Waals surface area (Å²) in [6.07, 6.45) is -7.12. The highest BCUT2D eigenvalue weighted by Gasteiger charge is 2.57. The van der Waals surface area contributed by atoms with Gasteiger partial charge in [0.2, 0.25) is 0 Å². The average Bonchev–Trinajstić information content (AvgIpc) is 2.45. The number of hydrogen-bond acceptors (Lipinski definition) is 7. The molecule has 1 rings (SSSR count). The maximum atomic E-state index is 14.4. The predicted octanol–water partition coefficient (Wildman–Crippen LogP) is -1.80. The fourth-order valence-corrected chi connectivity index (χ4v) is 2.64. The van der Waals surface area contributed by atoms with Crippen LogP contribution in [0.2, 0.25) is 0 Å². The Morgan fingerprint density at radius 1 is 1.41 bits per heavy atom. The molecule has 0 aromatic carbocycles. The lowest BCUT2D eigenvalue weighted by Crippen LogP contribution is -2.68. The summed E-state index contributed by atoms with van der Waals surface area (Å²) in [5.41, 5.74) is 3.40. The maximum Gasteiger partial charge on any atom is 0.338 e. The Morgan fingerprint density at radius 3 is 2.36 bits per heavy atom. The maximum absolute atomic E-state index is 14.4. The number of carbonyl (C=O) groups is 2. The van der Waals surface area contributed by atoms with Gasteiger partial charge in [0.15, 0.2) is 11.8 Å². The normalized spacial score (nSPS) is 38.3. The third-order valence-corrected chi connectivity index (χ3v) is 4.03. The van der Waals surface area contributed by atoms with Crippen molar-refractivity contribution in [3.05, 3.63) is 0 Å². The highest BCUT2D eigenvalue weighted by atomic mass is 19.1. The number of Topliss-reactive ketones (excluding diaryl/α,β-unsaturated/α-hetero) is 1. The van der Waals surface area contributed by atoms with Gasteiger partial charge >= 0.3 is 5.97 Å². The number of aliphatic carboxylic acids is 1. The molecule has 1 heterocycles. The van der Waals surface area contributed by atoms with Crippen LogP contribution in [0.1, 0.15) is 20.3 Å². The number of carbonyl (C=O) groups excluding carboxylic acids is 1. The molecule has 0 spiro atoms. The number of rotatable bonds is 6. The van der Waals surface area contributed by atoms with Crippen LogP contribution < -0.4 is 5.73 Å². The van der Waals surface area contributed by atoms with Crippen LogP contribution >= 0.6 is 0 Å². The molecular formula is C13H22FNO7. The minimum Gasteiger partial charge on any atom is -0.479 e. The first-order chi connectivity index (χ1) is 10.1. The molecule has 0 saturated carbocycles. The molecule has 1 fully saturated rings. The summed E-state index contributed by atoms with van der Waals surface area (Å²) in [5, 5.41) is 37.6. The van der Waals surface area contributed by atoms with E-state index in [-0.39, 0.29) is 12.2 Å². The Labute approximate surface area is 126 Å². The van der Waals surface area contributed by atoms with Crippen LogP contribution in [0.3, 0.4) is 0 Å². The smallest absolute Gasteiger partial charge is 0.338 e. The molecule has 128 valence electrons. The van der Waals surface area contributed by atoms with Crippen molar-refractivity contribution in [2.75, 3.05) is 6.61 Å². The number of alkyl halides is 1. The van der Waals surface area contributed by atoms with Crippen molar-refractivity contribution in [3.63, 3.8) is 0 Å². The standard InChI is InChI=1S/C13H22FNO7/c1-5(17)3-6-8(15)11(14)13(2,12(20)21)22-10(6)9(19)7(18)4-16/h6-11,16,18-19H,3-4,15H2,1-2H3,(H,20,21)/t6-,7-,8+,9-,10?,11?,13-/m1/s1. The van der Waals surface area contributed by atoms with Gasteiger partial charge in [0.05, 0.1) is 12.7 Å². The molecule has 0 bridgehead atoms. The summed E-state index contributed by atoms with van der Waals surface area (Å²) in [7, 11) is 0. The van der Waals surface area contributed by atoms with E-state index in [1.54, 1.807) is 0 Å². The Bertz CT molecular complexity index is 435. The Kier molecular flexibility index (Phi) is 5.99. The largest absolute Gasteiger partial charge is 0.479 e. The van der Waals surface area contributed by atoms with E-state index in [1.165, 1.54) is 6.92 Å². The molecule has 6 N–H and O–H groups in total.